The van der Waals surface area contributed by atoms with Crippen LogP contribution >= 0.6 is 23.2 Å². The fraction of sp³-hybridized carbons (Fsp3) is 0.429. The Balaban J connectivity index is 0. The third-order valence-corrected chi connectivity index (χ3v) is 2.14. The van der Waals surface area contributed by atoms with Gasteiger partial charge in [-0.25, -0.2) is 9.59 Å². The van der Waals surface area contributed by atoms with Crippen LogP contribution < -0.4 is 16.8 Å². The first-order valence-corrected chi connectivity index (χ1v) is 4.60. The predicted octanol–water partition coefficient (Wildman–Crippen LogP) is 0.0734. The zero-order valence-electron chi connectivity index (χ0n) is 8.61. The molecule has 0 aromatic heterocycles. The van der Waals surface area contributed by atoms with Crippen molar-refractivity contribution in [2.75, 3.05) is 0 Å². The first kappa shape index (κ1) is 19.0. The number of rotatable bonds is 4. The molecule has 0 atom stereocenters. The van der Waals surface area contributed by atoms with E-state index >= 15 is 0 Å². The molecule has 0 unspecified atom stereocenters. The fourth-order valence-electron chi connectivity index (χ4n) is 0.538. The number of carbonyl (C=O) groups excluding carboxylic acids is 1. The minimum Gasteiger partial charge on any atom is -0.465 e. The molecule has 0 aliphatic rings. The van der Waals surface area contributed by atoms with Crippen molar-refractivity contribution < 1.29 is 40.5 Å². The Kier molecular flexibility index (Phi) is 7.34. The maximum absolute atomic E-state index is 11.1. The number of hydrogen-bond acceptors (Lipinski definition) is 5. The van der Waals surface area contributed by atoms with Gasteiger partial charge in [0.1, 0.15) is 0 Å². The van der Waals surface area contributed by atoms with Gasteiger partial charge in [0.2, 0.25) is 5.79 Å². The van der Waals surface area contributed by atoms with Crippen LogP contribution in [0.5, 0.6) is 0 Å². The third-order valence-electron chi connectivity index (χ3n) is 1.36. The average molecular weight is 467 g/mol. The van der Waals surface area contributed by atoms with Crippen LogP contribution in [0.2, 0.25) is 0 Å². The van der Waals surface area contributed by atoms with Crippen molar-refractivity contribution in [1.82, 2.24) is 5.32 Å². The van der Waals surface area contributed by atoms with Crippen molar-refractivity contribution in [3.8, 4) is 0 Å². The Morgan fingerprint density at radius 2 is 1.82 bits per heavy atom. The summed E-state index contributed by atoms with van der Waals surface area (Å²) in [6.45, 7) is 4.61. The molecule has 0 rings (SSSR count). The number of carbonyl (C=O) groups is 2. The summed E-state index contributed by atoms with van der Waals surface area (Å²) in [6, 6.07) is 0. The van der Waals surface area contributed by atoms with Gasteiger partial charge >= 0.3 is 16.6 Å². The maximum atomic E-state index is 11.1. The zero-order chi connectivity index (χ0) is 13.1. The summed E-state index contributed by atoms with van der Waals surface area (Å²) in [5.74, 6) is -3.33. The monoisotopic (exact) mass is 466 g/mol. The second-order valence-electron chi connectivity index (χ2n) is 2.99. The largest absolute Gasteiger partial charge is 0.465 e. The van der Waals surface area contributed by atoms with Gasteiger partial charge in [-0.05, 0) is 6.92 Å². The van der Waals surface area contributed by atoms with Crippen LogP contribution in [0.15, 0.2) is 12.2 Å². The molecule has 0 aliphatic carbocycles. The molecule has 0 fully saturated rings. The Bertz CT molecular complexity index is 335. The van der Waals surface area contributed by atoms with Crippen LogP contribution in [0.4, 0.5) is 4.79 Å². The number of hydrogen-bond donors (Lipinski definition) is 4. The van der Waals surface area contributed by atoms with Gasteiger partial charge in [-0.1, -0.05) is 29.8 Å². The molecule has 0 radical (unpaired) electrons. The van der Waals surface area contributed by atoms with Crippen LogP contribution in [0.25, 0.3) is 0 Å². The second-order valence-corrected chi connectivity index (χ2v) is 4.24. The van der Waals surface area contributed by atoms with Gasteiger partial charge in [0, 0.05) is 26.6 Å². The van der Waals surface area contributed by atoms with E-state index in [0.29, 0.717) is 0 Å². The van der Waals surface area contributed by atoms with E-state index in [1.807, 2.05) is 0 Å². The summed E-state index contributed by atoms with van der Waals surface area (Å²) < 4.78 is 2.01. The Labute approximate surface area is 122 Å². The number of nitrogens with one attached hydrogen (secondary N) is 1. The SMILES string of the molecule is C=C(C)C(=O)OC(Cl)(Cl)C(N)(N)NC(=O)O.[Pt]. The summed E-state index contributed by atoms with van der Waals surface area (Å²) in [6.07, 6.45) is -1.58. The minimum absolute atomic E-state index is 0. The zero-order valence-corrected chi connectivity index (χ0v) is 12.4. The predicted molar refractivity (Wildman–Crippen MR) is 57.6 cm³/mol. The minimum atomic E-state index is -2.47. The molecule has 6 N–H and O–H groups in total. The van der Waals surface area contributed by atoms with Crippen molar-refractivity contribution in [2.24, 2.45) is 11.5 Å². The van der Waals surface area contributed by atoms with Gasteiger partial charge in [-0.3, -0.25) is 16.8 Å². The molecular formula is C7H11Cl2N3O4Pt. The maximum Gasteiger partial charge on any atom is 0.407 e. The number of halogens is 2. The molecule has 17 heavy (non-hydrogen) atoms. The smallest absolute Gasteiger partial charge is 0.407 e. The molecular weight excluding hydrogens is 456 g/mol. The van der Waals surface area contributed by atoms with E-state index in [-0.39, 0.29) is 26.6 Å². The fourth-order valence-corrected chi connectivity index (χ4v) is 0.772. The molecule has 102 valence electrons. The molecule has 0 saturated heterocycles. The number of alkyl halides is 2. The van der Waals surface area contributed by atoms with Gasteiger partial charge in [-0.2, -0.15) is 0 Å². The van der Waals surface area contributed by atoms with Gasteiger partial charge in [0.15, 0.2) is 0 Å². The molecule has 7 nitrogen and oxygen atoms in total. The number of nitrogens with two attached hydrogens (primary N) is 2. The molecule has 0 spiro atoms. The molecule has 0 aromatic rings. The Morgan fingerprint density at radius 1 is 1.41 bits per heavy atom. The second kappa shape index (κ2) is 6.56. The van der Waals surface area contributed by atoms with Crippen LogP contribution in [0, 0.1) is 0 Å². The number of amides is 1. The molecule has 0 aliphatic heterocycles. The van der Waals surface area contributed by atoms with Gasteiger partial charge in [-0.15, -0.1) is 0 Å². The van der Waals surface area contributed by atoms with Gasteiger partial charge in [0.05, 0.1) is 0 Å². The van der Waals surface area contributed by atoms with Crippen molar-refractivity contribution in [3.63, 3.8) is 0 Å². The van der Waals surface area contributed by atoms with Gasteiger partial charge < -0.3 is 9.84 Å². The van der Waals surface area contributed by atoms with Crippen molar-refractivity contribution in [1.29, 1.82) is 0 Å². The van der Waals surface area contributed by atoms with Gasteiger partial charge in [0.25, 0.3) is 0 Å². The first-order chi connectivity index (χ1) is 6.99. The standard InChI is InChI=1S/C7H11Cl2N3O4.Pt/c1-3(2)4(13)16-6(8,9)7(10,11)12-5(14)15;/h12H,1,10-11H2,2H3,(H,14,15);. The number of esters is 1. The Morgan fingerprint density at radius 3 is 2.12 bits per heavy atom. The van der Waals surface area contributed by atoms with E-state index in [4.69, 9.17) is 39.8 Å². The summed E-state index contributed by atoms with van der Waals surface area (Å²) >= 11 is 11.0. The van der Waals surface area contributed by atoms with E-state index in [9.17, 15) is 9.59 Å². The number of carboxylic acid groups (broad SMARTS) is 1. The molecule has 0 heterocycles. The van der Waals surface area contributed by atoms with Crippen LogP contribution in [-0.2, 0) is 30.6 Å². The number of ether oxygens (including phenoxy) is 1. The summed E-state index contributed by atoms with van der Waals surface area (Å²) in [5, 5.41) is 10.0. The first-order valence-electron chi connectivity index (χ1n) is 3.85. The normalized spacial score (nSPS) is 11.1. The molecule has 0 aromatic carbocycles. The van der Waals surface area contributed by atoms with Crippen LogP contribution in [0.1, 0.15) is 6.92 Å². The molecule has 1 amide bonds. The molecule has 0 saturated carbocycles. The van der Waals surface area contributed by atoms with E-state index in [1.54, 1.807) is 5.32 Å². The van der Waals surface area contributed by atoms with Crippen molar-refractivity contribution in [3.05, 3.63) is 12.2 Å². The van der Waals surface area contributed by atoms with E-state index in [2.05, 4.69) is 11.3 Å². The van der Waals surface area contributed by atoms with Crippen molar-refractivity contribution in [2.45, 2.75) is 17.2 Å². The topological polar surface area (TPSA) is 128 Å². The van der Waals surface area contributed by atoms with E-state index in [1.165, 1.54) is 6.92 Å². The molecule has 0 bridgehead atoms. The van der Waals surface area contributed by atoms with Crippen molar-refractivity contribution >= 4 is 35.3 Å². The van der Waals surface area contributed by atoms with Crippen LogP contribution in [0.3, 0.4) is 0 Å². The van der Waals surface area contributed by atoms with E-state index < -0.39 is 22.4 Å². The average Bonchev–Trinajstić information content (AvgIpc) is 1.99. The summed E-state index contributed by atoms with van der Waals surface area (Å²) in [5.41, 5.74) is 10.5. The van der Waals surface area contributed by atoms with E-state index in [0.717, 1.165) is 0 Å². The molecule has 10 heteroatoms. The third kappa shape index (κ3) is 5.70. The summed E-state index contributed by atoms with van der Waals surface area (Å²) in [7, 11) is 0. The Hall–Kier alpha value is -0.332. The summed E-state index contributed by atoms with van der Waals surface area (Å²) in [4.78, 5) is 21.4. The quantitative estimate of drug-likeness (QED) is 0.201. The van der Waals surface area contributed by atoms with Crippen LogP contribution in [-0.4, -0.2) is 27.5 Å².